The van der Waals surface area contributed by atoms with Crippen LogP contribution in [0.3, 0.4) is 0 Å². The summed E-state index contributed by atoms with van der Waals surface area (Å²) >= 11 is 0. The summed E-state index contributed by atoms with van der Waals surface area (Å²) in [5, 5.41) is 0. The molecule has 0 spiro atoms. The maximum atomic E-state index is 5.68. The number of unbranched alkanes of at least 4 members (excludes halogenated alkanes) is 28. The first-order valence-electron chi connectivity index (χ1n) is 35.7. The van der Waals surface area contributed by atoms with Gasteiger partial charge in [-0.3, -0.25) is 0 Å². The summed E-state index contributed by atoms with van der Waals surface area (Å²) in [6, 6.07) is 27.5. The van der Waals surface area contributed by atoms with Crippen molar-refractivity contribution in [2.24, 2.45) is 0 Å². The molecule has 8 heteroatoms. The lowest BCUT2D eigenvalue weighted by Gasteiger charge is -2.07. The van der Waals surface area contributed by atoms with Crippen molar-refractivity contribution in [2.45, 2.75) is 259 Å². The molecular formula is C80H110N8+4. The predicted octanol–water partition coefficient (Wildman–Crippen LogP) is 21.0. The van der Waals surface area contributed by atoms with E-state index in [0.717, 1.165) is 116 Å². The largest absolute Gasteiger partial charge is 0.354 e. The van der Waals surface area contributed by atoms with E-state index in [-0.39, 0.29) is 0 Å². The van der Waals surface area contributed by atoms with Crippen LogP contribution in [0.15, 0.2) is 122 Å². The number of aromatic nitrogens is 8. The Morgan fingerprint density at radius 3 is 0.705 bits per heavy atom. The van der Waals surface area contributed by atoms with Crippen LogP contribution in [0.2, 0.25) is 0 Å². The van der Waals surface area contributed by atoms with Gasteiger partial charge in [-0.1, -0.05) is 182 Å². The number of pyridine rings is 4. The van der Waals surface area contributed by atoms with Gasteiger partial charge in [0.2, 0.25) is 0 Å². The van der Waals surface area contributed by atoms with Gasteiger partial charge in [0.15, 0.2) is 49.6 Å². The van der Waals surface area contributed by atoms with Crippen LogP contribution in [0.25, 0.3) is 90.9 Å². The third kappa shape index (κ3) is 19.6. The molecule has 0 saturated heterocycles. The van der Waals surface area contributed by atoms with E-state index in [1.807, 2.05) is 0 Å². The highest BCUT2D eigenvalue weighted by Gasteiger charge is 2.22. The lowest BCUT2D eigenvalue weighted by Crippen LogP contribution is -2.32. The summed E-state index contributed by atoms with van der Waals surface area (Å²) < 4.78 is 9.46. The van der Waals surface area contributed by atoms with Crippen molar-refractivity contribution in [3.05, 3.63) is 145 Å². The smallest absolute Gasteiger partial charge is 0.169 e. The van der Waals surface area contributed by atoms with Crippen LogP contribution in [0.4, 0.5) is 0 Å². The lowest BCUT2D eigenvalue weighted by molar-refractivity contribution is -0.697. The minimum atomic E-state index is 0.916. The van der Waals surface area contributed by atoms with Gasteiger partial charge in [0.05, 0.1) is 22.8 Å². The van der Waals surface area contributed by atoms with Crippen LogP contribution >= 0.6 is 0 Å². The van der Waals surface area contributed by atoms with E-state index >= 15 is 0 Å². The maximum Gasteiger partial charge on any atom is 0.169 e. The number of nitrogens with zero attached hydrogens (tertiary/aromatic N) is 6. The van der Waals surface area contributed by atoms with E-state index in [1.54, 1.807) is 0 Å². The SMILES string of the molecule is CCCCCCCCCC[n+]1ccc(-c2c3nc(c(-c4cc[n+](CCCCCCCCCC)cc4)c4ccc([nH]4)c(-c4cc[n+](CCCCCCCCCC)cc4)c4ccc([nH]4)c(-c4cc[n+](CCCCCCCCCC)cc4)c4nc2C=C4)C=C3)cc1. The van der Waals surface area contributed by atoms with Crippen molar-refractivity contribution in [3.8, 4) is 44.5 Å². The number of aromatic amines is 2. The van der Waals surface area contributed by atoms with E-state index < -0.39 is 0 Å². The number of H-pyrrole nitrogens is 2. The van der Waals surface area contributed by atoms with Crippen LogP contribution in [-0.4, -0.2) is 19.9 Å². The third-order valence-electron chi connectivity index (χ3n) is 18.6. The van der Waals surface area contributed by atoms with Gasteiger partial charge in [-0.2, -0.15) is 0 Å². The predicted molar refractivity (Wildman–Crippen MR) is 372 cm³/mol. The van der Waals surface area contributed by atoms with Crippen LogP contribution in [0.5, 0.6) is 0 Å². The molecule has 2 aliphatic rings. The van der Waals surface area contributed by atoms with Gasteiger partial charge in [0, 0.05) is 119 Å². The summed E-state index contributed by atoms with van der Waals surface area (Å²) in [5.74, 6) is 0. The molecule has 9 rings (SSSR count). The average Bonchev–Trinajstić information content (AvgIpc) is 2.45. The molecule has 88 heavy (non-hydrogen) atoms. The first kappa shape index (κ1) is 65.6. The van der Waals surface area contributed by atoms with Gasteiger partial charge >= 0.3 is 0 Å². The highest BCUT2D eigenvalue weighted by Crippen LogP contribution is 2.38. The molecule has 7 aromatic rings. The van der Waals surface area contributed by atoms with Gasteiger partial charge in [0.1, 0.15) is 26.2 Å². The van der Waals surface area contributed by atoms with Gasteiger partial charge in [-0.05, 0) is 96.5 Å². The van der Waals surface area contributed by atoms with E-state index in [1.165, 1.54) is 205 Å². The van der Waals surface area contributed by atoms with Gasteiger partial charge in [-0.25, -0.2) is 28.2 Å². The van der Waals surface area contributed by atoms with Crippen molar-refractivity contribution >= 4 is 46.4 Å². The topological polar surface area (TPSA) is 72.9 Å². The second-order valence-corrected chi connectivity index (χ2v) is 25.7. The summed E-state index contributed by atoms with van der Waals surface area (Å²) in [6.45, 7) is 13.3. The minimum absolute atomic E-state index is 0.916. The maximum absolute atomic E-state index is 5.68. The number of hydrogen-bond donors (Lipinski definition) is 2. The molecule has 0 fully saturated rings. The number of aryl methyl sites for hydroxylation is 4. The first-order chi connectivity index (χ1) is 43.5. The fourth-order valence-electron chi connectivity index (χ4n) is 13.2. The molecule has 2 N–H and O–H groups in total. The Morgan fingerprint density at radius 1 is 0.239 bits per heavy atom. The molecule has 0 saturated carbocycles. The Kier molecular flexibility index (Phi) is 27.3. The third-order valence-corrected chi connectivity index (χ3v) is 18.6. The van der Waals surface area contributed by atoms with E-state index in [2.05, 4.69) is 203 Å². The zero-order chi connectivity index (χ0) is 60.8. The Hall–Kier alpha value is -6.80. The van der Waals surface area contributed by atoms with Gasteiger partial charge in [-0.15, -0.1) is 0 Å². The zero-order valence-electron chi connectivity index (χ0n) is 55.0. The number of hydrogen-bond acceptors (Lipinski definition) is 2. The van der Waals surface area contributed by atoms with Crippen LogP contribution in [0.1, 0.15) is 256 Å². The molecule has 0 unspecified atom stereocenters. The fourth-order valence-corrected chi connectivity index (χ4v) is 13.2. The first-order valence-corrected chi connectivity index (χ1v) is 35.7. The fraction of sp³-hybridized carbons (Fsp3) is 0.500. The number of nitrogens with one attached hydrogen (secondary N) is 2. The van der Waals surface area contributed by atoms with Crippen LogP contribution < -0.4 is 18.3 Å². The molecule has 0 aliphatic carbocycles. The Morgan fingerprint density at radius 2 is 0.443 bits per heavy atom. The average molecular weight is 1180 g/mol. The molecule has 8 bridgehead atoms. The second-order valence-electron chi connectivity index (χ2n) is 25.7. The molecule has 466 valence electrons. The quantitative estimate of drug-likeness (QED) is 0.0297. The second kappa shape index (κ2) is 36.6. The van der Waals surface area contributed by atoms with Crippen molar-refractivity contribution in [1.82, 2.24) is 19.9 Å². The molecule has 2 aliphatic heterocycles. The van der Waals surface area contributed by atoms with Crippen molar-refractivity contribution in [3.63, 3.8) is 0 Å². The van der Waals surface area contributed by atoms with E-state index in [0.29, 0.717) is 0 Å². The highest BCUT2D eigenvalue weighted by molar-refractivity contribution is 6.00. The molecule has 0 radical (unpaired) electrons. The monoisotopic (exact) mass is 1180 g/mol. The summed E-state index contributed by atoms with van der Waals surface area (Å²) in [7, 11) is 0. The van der Waals surface area contributed by atoms with Crippen LogP contribution in [0, 0.1) is 0 Å². The molecule has 7 aromatic heterocycles. The van der Waals surface area contributed by atoms with Crippen molar-refractivity contribution in [1.29, 1.82) is 0 Å². The number of fused-ring (bicyclic) bond motifs is 8. The molecule has 0 aromatic carbocycles. The molecule has 9 heterocycles. The standard InChI is InChI=1S/C80H109N8/c1-5-9-13-17-21-25-29-33-53-85-57-45-65(46-58-85)77-69-37-39-71(81-69)78(66-47-59-86(60-48-66)54-34-30-26-22-18-14-10-6-2)73-41-43-75(83-73)80(68-51-63-88(64-52-68)56-36-32-28-24-20-16-12-8-4)76-44-42-74(84-76)79(72-40-38-70(77)82-72)67-49-61-87(62-50-67)55-35-31-27-23-19-15-11-7-3/h37-52,57-64H,5-36,53-56H2,1-4H3,(H,81,82,83,84)/q+3/p+1. The Balaban J connectivity index is 1.13. The molecule has 8 nitrogen and oxygen atoms in total. The van der Waals surface area contributed by atoms with Crippen molar-refractivity contribution < 1.29 is 18.3 Å². The van der Waals surface area contributed by atoms with Gasteiger partial charge < -0.3 is 9.97 Å². The lowest BCUT2D eigenvalue weighted by atomic mass is 10.0. The van der Waals surface area contributed by atoms with E-state index in [9.17, 15) is 0 Å². The summed E-state index contributed by atoms with van der Waals surface area (Å²) in [4.78, 5) is 19.4. The van der Waals surface area contributed by atoms with E-state index in [4.69, 9.17) is 9.97 Å². The zero-order valence-corrected chi connectivity index (χ0v) is 55.0. The molecular weight excluding hydrogens is 1070 g/mol. The van der Waals surface area contributed by atoms with Gasteiger partial charge in [0.25, 0.3) is 0 Å². The molecule has 0 atom stereocenters. The molecule has 0 amide bonds. The Labute approximate surface area is 530 Å². The van der Waals surface area contributed by atoms with Crippen LogP contribution in [-0.2, 0) is 26.2 Å². The number of rotatable bonds is 40. The summed E-state index contributed by atoms with van der Waals surface area (Å²) in [6.07, 6.45) is 69.2. The minimum Gasteiger partial charge on any atom is -0.354 e. The van der Waals surface area contributed by atoms with Crippen molar-refractivity contribution in [2.75, 3.05) is 0 Å². The summed E-state index contributed by atoms with van der Waals surface area (Å²) in [5.41, 5.74) is 16.7. The normalized spacial score (nSPS) is 12.0. The Bertz CT molecular complexity index is 3240. The highest BCUT2D eigenvalue weighted by atomic mass is 14.9.